The second-order valence-electron chi connectivity index (χ2n) is 5.93. The van der Waals surface area contributed by atoms with Crippen molar-refractivity contribution in [2.75, 3.05) is 18.6 Å². The van der Waals surface area contributed by atoms with E-state index in [2.05, 4.69) is 18.3 Å². The highest BCUT2D eigenvalue weighted by atomic mass is 16.5. The maximum Gasteiger partial charge on any atom is 0.322 e. The molecule has 23 heavy (non-hydrogen) atoms. The molecule has 0 fully saturated rings. The molecule has 2 amide bonds. The van der Waals surface area contributed by atoms with Gasteiger partial charge in [0, 0.05) is 31.8 Å². The van der Waals surface area contributed by atoms with Crippen molar-refractivity contribution in [1.29, 1.82) is 0 Å². The van der Waals surface area contributed by atoms with Crippen LogP contribution in [0.25, 0.3) is 0 Å². The summed E-state index contributed by atoms with van der Waals surface area (Å²) in [6.45, 7) is 3.94. The van der Waals surface area contributed by atoms with Crippen LogP contribution in [0.4, 0.5) is 10.5 Å². The Bertz CT molecular complexity index is 699. The van der Waals surface area contributed by atoms with E-state index in [1.165, 1.54) is 5.56 Å². The van der Waals surface area contributed by atoms with Gasteiger partial charge in [0.15, 0.2) is 0 Å². The third kappa shape index (κ3) is 3.22. The molecule has 1 N–H and O–H groups in total. The number of carbonyl (C=O) groups is 1. The third-order valence-electron chi connectivity index (χ3n) is 4.31. The molecule has 2 aromatic rings. The van der Waals surface area contributed by atoms with E-state index in [1.54, 1.807) is 7.11 Å². The number of para-hydroxylation sites is 1. The Balaban J connectivity index is 1.69. The average Bonchev–Trinajstić information content (AvgIpc) is 2.92. The third-order valence-corrected chi connectivity index (χ3v) is 4.31. The van der Waals surface area contributed by atoms with Gasteiger partial charge < -0.3 is 10.1 Å². The summed E-state index contributed by atoms with van der Waals surface area (Å²) < 4.78 is 5.21. The van der Waals surface area contributed by atoms with Crippen LogP contribution in [-0.2, 0) is 17.9 Å². The Morgan fingerprint density at radius 2 is 1.87 bits per heavy atom. The molecular formula is C19H22N2O2. The first-order chi connectivity index (χ1) is 11.2. The highest BCUT2D eigenvalue weighted by Crippen LogP contribution is 2.35. The first-order valence-electron chi connectivity index (χ1n) is 7.90. The maximum atomic E-state index is 12.6. The van der Waals surface area contributed by atoms with Crippen LogP contribution >= 0.6 is 0 Å². The number of hydrogen-bond acceptors (Lipinski definition) is 2. The highest BCUT2D eigenvalue weighted by Gasteiger charge is 2.29. The van der Waals surface area contributed by atoms with Crippen LogP contribution in [0.2, 0.25) is 0 Å². The number of nitrogens with zero attached hydrogens (tertiary/aromatic N) is 1. The largest absolute Gasteiger partial charge is 0.380 e. The van der Waals surface area contributed by atoms with E-state index in [0.29, 0.717) is 19.1 Å². The average molecular weight is 310 g/mol. The smallest absolute Gasteiger partial charge is 0.322 e. The monoisotopic (exact) mass is 310 g/mol. The number of rotatable bonds is 4. The van der Waals surface area contributed by atoms with Gasteiger partial charge in [0.2, 0.25) is 0 Å². The molecular weight excluding hydrogens is 288 g/mol. The molecule has 1 atom stereocenters. The minimum atomic E-state index is -0.0472. The second kappa shape index (κ2) is 6.84. The first-order valence-corrected chi connectivity index (χ1v) is 7.90. The summed E-state index contributed by atoms with van der Waals surface area (Å²) in [5.74, 6) is 0.373. The van der Waals surface area contributed by atoms with Crippen LogP contribution in [0, 0.1) is 0 Å². The van der Waals surface area contributed by atoms with Gasteiger partial charge in [0.05, 0.1) is 6.61 Å². The molecule has 4 heteroatoms. The number of ether oxygens (including phenoxy) is 1. The van der Waals surface area contributed by atoms with Crippen molar-refractivity contribution in [3.63, 3.8) is 0 Å². The zero-order valence-corrected chi connectivity index (χ0v) is 13.6. The predicted molar refractivity (Wildman–Crippen MR) is 91.6 cm³/mol. The van der Waals surface area contributed by atoms with E-state index in [4.69, 9.17) is 4.74 Å². The molecule has 0 saturated heterocycles. The van der Waals surface area contributed by atoms with Gasteiger partial charge in [-0.15, -0.1) is 0 Å². The Morgan fingerprint density at radius 3 is 2.65 bits per heavy atom. The topological polar surface area (TPSA) is 41.6 Å². The van der Waals surface area contributed by atoms with Crippen molar-refractivity contribution in [3.05, 3.63) is 65.2 Å². The fraction of sp³-hybridized carbons (Fsp3) is 0.316. The highest BCUT2D eigenvalue weighted by molar-refractivity contribution is 5.94. The van der Waals surface area contributed by atoms with E-state index in [0.717, 1.165) is 23.4 Å². The van der Waals surface area contributed by atoms with Gasteiger partial charge in [-0.25, -0.2) is 4.79 Å². The van der Waals surface area contributed by atoms with Crippen LogP contribution in [0.5, 0.6) is 0 Å². The lowest BCUT2D eigenvalue weighted by molar-refractivity contribution is 0.184. The maximum absolute atomic E-state index is 12.6. The summed E-state index contributed by atoms with van der Waals surface area (Å²) >= 11 is 0. The van der Waals surface area contributed by atoms with Gasteiger partial charge in [-0.3, -0.25) is 4.90 Å². The van der Waals surface area contributed by atoms with Crippen molar-refractivity contribution in [1.82, 2.24) is 5.32 Å². The van der Waals surface area contributed by atoms with Crippen LogP contribution in [-0.4, -0.2) is 19.7 Å². The fourth-order valence-corrected chi connectivity index (χ4v) is 3.11. The Labute approximate surface area is 137 Å². The van der Waals surface area contributed by atoms with Gasteiger partial charge in [0.25, 0.3) is 0 Å². The molecule has 4 nitrogen and oxygen atoms in total. The number of methoxy groups -OCH3 is 1. The van der Waals surface area contributed by atoms with Crippen molar-refractivity contribution in [2.45, 2.75) is 26.0 Å². The van der Waals surface area contributed by atoms with E-state index in [1.807, 2.05) is 47.4 Å². The van der Waals surface area contributed by atoms with Crippen LogP contribution < -0.4 is 10.2 Å². The first kappa shape index (κ1) is 15.6. The van der Waals surface area contributed by atoms with Gasteiger partial charge in [-0.1, -0.05) is 49.4 Å². The Hall–Kier alpha value is -2.33. The van der Waals surface area contributed by atoms with Crippen molar-refractivity contribution in [2.24, 2.45) is 0 Å². The summed E-state index contributed by atoms with van der Waals surface area (Å²) in [5.41, 5.74) is 4.44. The van der Waals surface area contributed by atoms with Gasteiger partial charge in [0.1, 0.15) is 0 Å². The zero-order valence-electron chi connectivity index (χ0n) is 13.6. The van der Waals surface area contributed by atoms with E-state index in [-0.39, 0.29) is 6.03 Å². The number of nitrogens with one attached hydrogen (secondary N) is 1. The minimum absolute atomic E-state index is 0.0472. The molecule has 0 aromatic heterocycles. The molecule has 0 saturated carbocycles. The Morgan fingerprint density at radius 1 is 1.17 bits per heavy atom. The molecule has 2 aromatic carbocycles. The van der Waals surface area contributed by atoms with E-state index >= 15 is 0 Å². The number of fused-ring (bicyclic) bond motifs is 1. The predicted octanol–water partition coefficient (Wildman–Crippen LogP) is 3.67. The van der Waals surface area contributed by atoms with Crippen molar-refractivity contribution >= 4 is 11.7 Å². The molecule has 1 heterocycles. The number of hydrogen-bond donors (Lipinski definition) is 1. The standard InChI is InChI=1S/C19H22N2O2/c1-14-12-21(18-10-6-5-9-17(14)18)19(22)20-11-15-7-3-4-8-16(15)13-23-2/h3-10,14H,11-13H2,1-2H3,(H,20,22). The summed E-state index contributed by atoms with van der Waals surface area (Å²) in [5, 5.41) is 3.03. The van der Waals surface area contributed by atoms with Gasteiger partial charge in [-0.05, 0) is 22.8 Å². The molecule has 3 rings (SSSR count). The summed E-state index contributed by atoms with van der Waals surface area (Å²) in [6.07, 6.45) is 0. The number of carbonyl (C=O) groups excluding carboxylic acids is 1. The minimum Gasteiger partial charge on any atom is -0.380 e. The number of anilines is 1. The fourth-order valence-electron chi connectivity index (χ4n) is 3.11. The summed E-state index contributed by atoms with van der Waals surface area (Å²) in [7, 11) is 1.68. The lowest BCUT2D eigenvalue weighted by atomic mass is 10.0. The van der Waals surface area contributed by atoms with Crippen molar-refractivity contribution in [3.8, 4) is 0 Å². The Kier molecular flexibility index (Phi) is 4.63. The second-order valence-corrected chi connectivity index (χ2v) is 5.93. The molecule has 1 unspecified atom stereocenters. The molecule has 0 aliphatic carbocycles. The van der Waals surface area contributed by atoms with Crippen molar-refractivity contribution < 1.29 is 9.53 Å². The number of benzene rings is 2. The summed E-state index contributed by atoms with van der Waals surface area (Å²) in [6, 6.07) is 16.1. The van der Waals surface area contributed by atoms with Gasteiger partial charge >= 0.3 is 6.03 Å². The normalized spacial score (nSPS) is 16.3. The van der Waals surface area contributed by atoms with Gasteiger partial charge in [-0.2, -0.15) is 0 Å². The number of amides is 2. The van der Waals surface area contributed by atoms with Crippen LogP contribution in [0.1, 0.15) is 29.5 Å². The number of urea groups is 1. The molecule has 0 radical (unpaired) electrons. The SMILES string of the molecule is COCc1ccccc1CNC(=O)N1CC(C)c2ccccc21. The molecule has 1 aliphatic heterocycles. The molecule has 1 aliphatic rings. The summed E-state index contributed by atoms with van der Waals surface area (Å²) in [4.78, 5) is 14.4. The lowest BCUT2D eigenvalue weighted by Crippen LogP contribution is -2.39. The van der Waals surface area contributed by atoms with Crippen LogP contribution in [0.3, 0.4) is 0 Å². The zero-order chi connectivity index (χ0) is 16.2. The lowest BCUT2D eigenvalue weighted by Gasteiger charge is -2.19. The van der Waals surface area contributed by atoms with E-state index in [9.17, 15) is 4.79 Å². The van der Waals surface area contributed by atoms with Crippen LogP contribution in [0.15, 0.2) is 48.5 Å². The molecule has 120 valence electrons. The molecule has 0 spiro atoms. The quantitative estimate of drug-likeness (QED) is 0.936. The molecule has 0 bridgehead atoms. The van der Waals surface area contributed by atoms with E-state index < -0.39 is 0 Å².